The van der Waals surface area contributed by atoms with Crippen molar-refractivity contribution in [2.24, 2.45) is 0 Å². The zero-order valence-electron chi connectivity index (χ0n) is 12.2. The molecule has 22 heavy (non-hydrogen) atoms. The molecule has 0 spiro atoms. The summed E-state index contributed by atoms with van der Waals surface area (Å²) in [6, 6.07) is 6.35. The van der Waals surface area contributed by atoms with Gasteiger partial charge >= 0.3 is 5.97 Å². The lowest BCUT2D eigenvalue weighted by Gasteiger charge is -2.33. The largest absolute Gasteiger partial charge is 0.480 e. The maximum atomic E-state index is 12.3. The fourth-order valence-corrected chi connectivity index (χ4v) is 3.50. The Balaban J connectivity index is 2.10. The molecule has 0 bridgehead atoms. The van der Waals surface area contributed by atoms with Gasteiger partial charge in [-0.1, -0.05) is 0 Å². The summed E-state index contributed by atoms with van der Waals surface area (Å²) in [6.07, 6.45) is 0.839. The summed E-state index contributed by atoms with van der Waals surface area (Å²) < 4.78 is 0. The Labute approximate surface area is 132 Å². The predicted octanol–water partition coefficient (Wildman–Crippen LogP) is 1.73. The number of carboxylic acid groups (broad SMARTS) is 1. The number of carbonyl (C=O) groups excluding carboxylic acids is 2. The lowest BCUT2D eigenvalue weighted by molar-refractivity contribution is -0.144. The van der Waals surface area contributed by atoms with Crippen LogP contribution in [0, 0.1) is 0 Å². The first-order valence-corrected chi connectivity index (χ1v) is 8.10. The standard InChI is InChI=1S/C15H18N2O4S/c1-10(18)16-12-4-2-11(3-5-12)13(19)17-15(14(20)21)6-8-22-9-7-15/h2-5H,6-9H2,1H3,(H,16,18)(H,17,19)(H,20,21). The summed E-state index contributed by atoms with van der Waals surface area (Å²) >= 11 is 1.69. The highest BCUT2D eigenvalue weighted by Crippen LogP contribution is 2.27. The number of carboxylic acids is 1. The number of rotatable bonds is 4. The molecule has 2 rings (SSSR count). The van der Waals surface area contributed by atoms with E-state index in [0.717, 1.165) is 0 Å². The molecule has 1 aromatic rings. The Bertz CT molecular complexity index is 580. The SMILES string of the molecule is CC(=O)Nc1ccc(C(=O)NC2(C(=O)O)CCSCC2)cc1. The molecule has 0 saturated carbocycles. The highest BCUT2D eigenvalue weighted by Gasteiger charge is 2.41. The molecule has 2 amide bonds. The molecule has 118 valence electrons. The number of thioether (sulfide) groups is 1. The van der Waals surface area contributed by atoms with Crippen molar-refractivity contribution in [2.45, 2.75) is 25.3 Å². The first kappa shape index (κ1) is 16.4. The molecule has 0 atom stereocenters. The van der Waals surface area contributed by atoms with Crippen LogP contribution in [0.5, 0.6) is 0 Å². The van der Waals surface area contributed by atoms with Gasteiger partial charge in [-0.15, -0.1) is 0 Å². The van der Waals surface area contributed by atoms with E-state index in [1.54, 1.807) is 36.0 Å². The fourth-order valence-electron chi connectivity index (χ4n) is 2.31. The number of aliphatic carboxylic acids is 1. The quantitative estimate of drug-likeness (QED) is 0.784. The van der Waals surface area contributed by atoms with E-state index in [9.17, 15) is 19.5 Å². The first-order valence-electron chi connectivity index (χ1n) is 6.94. The van der Waals surface area contributed by atoms with E-state index in [0.29, 0.717) is 35.6 Å². The molecule has 0 aliphatic carbocycles. The van der Waals surface area contributed by atoms with Gasteiger partial charge < -0.3 is 15.7 Å². The molecule has 1 aliphatic heterocycles. The van der Waals surface area contributed by atoms with E-state index in [1.165, 1.54) is 6.92 Å². The second-order valence-electron chi connectivity index (χ2n) is 5.21. The Hall–Kier alpha value is -2.02. The molecular formula is C15H18N2O4S. The van der Waals surface area contributed by atoms with Gasteiger partial charge in [0.05, 0.1) is 0 Å². The number of anilines is 1. The van der Waals surface area contributed by atoms with Crippen LogP contribution in [0.3, 0.4) is 0 Å². The van der Waals surface area contributed by atoms with Crippen LogP contribution in [0.25, 0.3) is 0 Å². The van der Waals surface area contributed by atoms with Gasteiger partial charge in [-0.2, -0.15) is 11.8 Å². The van der Waals surface area contributed by atoms with Crippen molar-refractivity contribution < 1.29 is 19.5 Å². The number of nitrogens with one attached hydrogen (secondary N) is 2. The second-order valence-corrected chi connectivity index (χ2v) is 6.44. The molecule has 1 aliphatic rings. The van der Waals surface area contributed by atoms with E-state index < -0.39 is 17.4 Å². The Kier molecular flexibility index (Phi) is 5.07. The van der Waals surface area contributed by atoms with Crippen molar-refractivity contribution >= 4 is 35.2 Å². The maximum Gasteiger partial charge on any atom is 0.329 e. The van der Waals surface area contributed by atoms with Gasteiger partial charge in [-0.3, -0.25) is 9.59 Å². The molecule has 1 heterocycles. The summed E-state index contributed by atoms with van der Waals surface area (Å²) in [6.45, 7) is 1.40. The van der Waals surface area contributed by atoms with Crippen LogP contribution in [0.1, 0.15) is 30.1 Å². The van der Waals surface area contributed by atoms with Crippen LogP contribution < -0.4 is 10.6 Å². The van der Waals surface area contributed by atoms with E-state index in [-0.39, 0.29) is 5.91 Å². The molecule has 1 fully saturated rings. The third-order valence-electron chi connectivity index (χ3n) is 3.58. The molecule has 6 nitrogen and oxygen atoms in total. The highest BCUT2D eigenvalue weighted by molar-refractivity contribution is 7.99. The summed E-state index contributed by atoms with van der Waals surface area (Å²) in [5, 5.41) is 14.7. The van der Waals surface area contributed by atoms with Gasteiger partial charge in [0.2, 0.25) is 5.91 Å². The van der Waals surface area contributed by atoms with Crippen LogP contribution in [0.4, 0.5) is 5.69 Å². The van der Waals surface area contributed by atoms with Crippen molar-refractivity contribution in [1.82, 2.24) is 5.32 Å². The Morgan fingerprint density at radius 1 is 1.14 bits per heavy atom. The van der Waals surface area contributed by atoms with Crippen molar-refractivity contribution in [1.29, 1.82) is 0 Å². The lowest BCUT2D eigenvalue weighted by atomic mass is 9.92. The van der Waals surface area contributed by atoms with Crippen molar-refractivity contribution in [3.05, 3.63) is 29.8 Å². The van der Waals surface area contributed by atoms with E-state index in [4.69, 9.17) is 0 Å². The molecular weight excluding hydrogens is 304 g/mol. The molecule has 0 radical (unpaired) electrons. The summed E-state index contributed by atoms with van der Waals surface area (Å²) in [7, 11) is 0. The van der Waals surface area contributed by atoms with Crippen LogP contribution in [0.2, 0.25) is 0 Å². The average molecular weight is 322 g/mol. The summed E-state index contributed by atoms with van der Waals surface area (Å²) in [5.41, 5.74) is -0.224. The van der Waals surface area contributed by atoms with Crippen LogP contribution in [0.15, 0.2) is 24.3 Å². The van der Waals surface area contributed by atoms with Gasteiger partial charge in [0, 0.05) is 18.2 Å². The molecule has 1 aromatic carbocycles. The smallest absolute Gasteiger partial charge is 0.329 e. The monoisotopic (exact) mass is 322 g/mol. The number of carbonyl (C=O) groups is 3. The number of benzene rings is 1. The van der Waals surface area contributed by atoms with E-state index >= 15 is 0 Å². The van der Waals surface area contributed by atoms with Crippen molar-refractivity contribution in [3.63, 3.8) is 0 Å². The fraction of sp³-hybridized carbons (Fsp3) is 0.400. The third kappa shape index (κ3) is 3.79. The number of amides is 2. The number of hydrogen-bond acceptors (Lipinski definition) is 4. The maximum absolute atomic E-state index is 12.3. The molecule has 1 saturated heterocycles. The van der Waals surface area contributed by atoms with E-state index in [2.05, 4.69) is 10.6 Å². The van der Waals surface area contributed by atoms with Crippen LogP contribution in [-0.2, 0) is 9.59 Å². The third-order valence-corrected chi connectivity index (χ3v) is 4.56. The van der Waals surface area contributed by atoms with Crippen LogP contribution in [-0.4, -0.2) is 39.9 Å². The number of hydrogen-bond donors (Lipinski definition) is 3. The molecule has 7 heteroatoms. The van der Waals surface area contributed by atoms with Crippen LogP contribution >= 0.6 is 11.8 Å². The van der Waals surface area contributed by atoms with Crippen molar-refractivity contribution in [3.8, 4) is 0 Å². The minimum Gasteiger partial charge on any atom is -0.480 e. The average Bonchev–Trinajstić information content (AvgIpc) is 2.48. The highest BCUT2D eigenvalue weighted by atomic mass is 32.2. The minimum atomic E-state index is -1.18. The summed E-state index contributed by atoms with van der Waals surface area (Å²) in [5.74, 6) is -0.163. The zero-order valence-corrected chi connectivity index (χ0v) is 13.0. The Morgan fingerprint density at radius 2 is 1.73 bits per heavy atom. The van der Waals surface area contributed by atoms with Gasteiger partial charge in [-0.25, -0.2) is 4.79 Å². The topological polar surface area (TPSA) is 95.5 Å². The zero-order chi connectivity index (χ0) is 16.2. The van der Waals surface area contributed by atoms with Gasteiger partial charge in [0.15, 0.2) is 0 Å². The van der Waals surface area contributed by atoms with Crippen molar-refractivity contribution in [2.75, 3.05) is 16.8 Å². The molecule has 3 N–H and O–H groups in total. The van der Waals surface area contributed by atoms with Gasteiger partial charge in [0.25, 0.3) is 5.91 Å². The van der Waals surface area contributed by atoms with Gasteiger partial charge in [0.1, 0.15) is 5.54 Å². The molecule has 0 aromatic heterocycles. The first-order chi connectivity index (χ1) is 10.4. The molecule has 0 unspecified atom stereocenters. The summed E-state index contributed by atoms with van der Waals surface area (Å²) in [4.78, 5) is 34.8. The van der Waals surface area contributed by atoms with Gasteiger partial charge in [-0.05, 0) is 48.6 Å². The Morgan fingerprint density at radius 3 is 2.23 bits per heavy atom. The lowest BCUT2D eigenvalue weighted by Crippen LogP contribution is -2.56. The predicted molar refractivity (Wildman–Crippen MR) is 85.1 cm³/mol. The van der Waals surface area contributed by atoms with E-state index in [1.807, 2.05) is 0 Å². The second kappa shape index (κ2) is 6.83. The normalized spacial score (nSPS) is 16.6. The minimum absolute atomic E-state index is 0.193.